The summed E-state index contributed by atoms with van der Waals surface area (Å²) in [6.07, 6.45) is 1.66. The lowest BCUT2D eigenvalue weighted by atomic mass is 10.1. The number of aliphatic carboxylic acids is 1. The molecule has 1 atom stereocenters. The van der Waals surface area contributed by atoms with E-state index in [1.54, 1.807) is 0 Å². The Morgan fingerprint density at radius 1 is 1.29 bits per heavy atom. The van der Waals surface area contributed by atoms with Crippen molar-refractivity contribution < 1.29 is 19.4 Å². The molecule has 1 aliphatic heterocycles. The van der Waals surface area contributed by atoms with Gasteiger partial charge in [-0.1, -0.05) is 6.07 Å². The topological polar surface area (TPSA) is 59.0 Å². The molecular weight excluding hydrogens is 270 g/mol. The van der Waals surface area contributed by atoms with E-state index in [4.69, 9.17) is 9.47 Å². The maximum atomic E-state index is 11.2. The monoisotopic (exact) mass is 293 g/mol. The molecular formula is C16H23NO4. The van der Waals surface area contributed by atoms with Gasteiger partial charge in [-0.2, -0.15) is 0 Å². The van der Waals surface area contributed by atoms with E-state index in [1.165, 1.54) is 0 Å². The molecule has 1 aliphatic rings. The van der Waals surface area contributed by atoms with E-state index in [1.807, 2.05) is 36.9 Å². The maximum Gasteiger partial charge on any atom is 0.320 e. The zero-order chi connectivity index (χ0) is 15.2. The van der Waals surface area contributed by atoms with Gasteiger partial charge in [0, 0.05) is 6.54 Å². The predicted octanol–water partition coefficient (Wildman–Crippen LogP) is 2.53. The van der Waals surface area contributed by atoms with Crippen molar-refractivity contribution in [3.8, 4) is 11.5 Å². The van der Waals surface area contributed by atoms with Crippen LogP contribution in [-0.2, 0) is 11.3 Å². The molecule has 0 aliphatic carbocycles. The third-order valence-electron chi connectivity index (χ3n) is 3.64. The fraction of sp³-hybridized carbons (Fsp3) is 0.562. The summed E-state index contributed by atoms with van der Waals surface area (Å²) >= 11 is 0. The number of nitrogens with zero attached hydrogens (tertiary/aromatic N) is 1. The Labute approximate surface area is 125 Å². The minimum Gasteiger partial charge on any atom is -0.490 e. The number of likely N-dealkylation sites (tertiary alicyclic amines) is 1. The van der Waals surface area contributed by atoms with Gasteiger partial charge in [0.25, 0.3) is 0 Å². The van der Waals surface area contributed by atoms with E-state index in [0.717, 1.165) is 36.4 Å². The molecule has 1 fully saturated rings. The molecule has 0 radical (unpaired) electrons. The van der Waals surface area contributed by atoms with E-state index >= 15 is 0 Å². The second-order valence-corrected chi connectivity index (χ2v) is 5.11. The first-order valence-corrected chi connectivity index (χ1v) is 7.51. The van der Waals surface area contributed by atoms with E-state index in [0.29, 0.717) is 19.8 Å². The lowest BCUT2D eigenvalue weighted by molar-refractivity contribution is -0.142. The molecule has 1 heterocycles. The SMILES string of the molecule is CCOc1ccc(CN2CCC[C@@H]2C(=O)O)cc1OCC. The standard InChI is InChI=1S/C16H23NO4/c1-3-20-14-8-7-12(10-15(14)21-4-2)11-17-9-5-6-13(17)16(18)19/h7-8,10,13H,3-6,9,11H2,1-2H3,(H,18,19)/t13-/m1/s1. The molecule has 0 spiro atoms. The van der Waals surface area contributed by atoms with Gasteiger partial charge in [0.15, 0.2) is 11.5 Å². The van der Waals surface area contributed by atoms with Crippen molar-refractivity contribution in [2.24, 2.45) is 0 Å². The normalized spacial score (nSPS) is 18.7. The number of carboxylic acids is 1. The van der Waals surface area contributed by atoms with Gasteiger partial charge in [-0.05, 0) is 50.9 Å². The van der Waals surface area contributed by atoms with E-state index in [-0.39, 0.29) is 6.04 Å². The van der Waals surface area contributed by atoms with Crippen molar-refractivity contribution in [1.29, 1.82) is 0 Å². The number of carbonyl (C=O) groups is 1. The van der Waals surface area contributed by atoms with Crippen LogP contribution < -0.4 is 9.47 Å². The smallest absolute Gasteiger partial charge is 0.320 e. The second-order valence-electron chi connectivity index (χ2n) is 5.11. The van der Waals surface area contributed by atoms with Gasteiger partial charge < -0.3 is 14.6 Å². The van der Waals surface area contributed by atoms with Crippen LogP contribution in [0.2, 0.25) is 0 Å². The minimum atomic E-state index is -0.733. The van der Waals surface area contributed by atoms with Crippen molar-refractivity contribution >= 4 is 5.97 Å². The van der Waals surface area contributed by atoms with Crippen molar-refractivity contribution in [3.63, 3.8) is 0 Å². The largest absolute Gasteiger partial charge is 0.490 e. The fourth-order valence-electron chi connectivity index (χ4n) is 2.72. The average Bonchev–Trinajstić information content (AvgIpc) is 2.90. The zero-order valence-electron chi connectivity index (χ0n) is 12.7. The summed E-state index contributed by atoms with van der Waals surface area (Å²) in [5, 5.41) is 9.23. The van der Waals surface area contributed by atoms with Crippen molar-refractivity contribution in [1.82, 2.24) is 4.90 Å². The molecule has 1 saturated heterocycles. The van der Waals surface area contributed by atoms with Gasteiger partial charge in [-0.25, -0.2) is 0 Å². The first-order valence-electron chi connectivity index (χ1n) is 7.51. The van der Waals surface area contributed by atoms with Crippen molar-refractivity contribution in [3.05, 3.63) is 23.8 Å². The Balaban J connectivity index is 2.12. The number of rotatable bonds is 7. The van der Waals surface area contributed by atoms with Gasteiger partial charge in [-0.3, -0.25) is 9.69 Å². The summed E-state index contributed by atoms with van der Waals surface area (Å²) in [5.74, 6) is 0.727. The van der Waals surface area contributed by atoms with Crippen LogP contribution in [0.1, 0.15) is 32.3 Å². The van der Waals surface area contributed by atoms with Gasteiger partial charge in [0.2, 0.25) is 0 Å². The predicted molar refractivity (Wildman–Crippen MR) is 79.8 cm³/mol. The molecule has 0 saturated carbocycles. The first-order chi connectivity index (χ1) is 10.2. The van der Waals surface area contributed by atoms with Crippen LogP contribution in [0.5, 0.6) is 11.5 Å². The third-order valence-corrected chi connectivity index (χ3v) is 3.64. The van der Waals surface area contributed by atoms with Crippen LogP contribution in [0, 0.1) is 0 Å². The highest BCUT2D eigenvalue weighted by atomic mass is 16.5. The van der Waals surface area contributed by atoms with Crippen molar-refractivity contribution in [2.75, 3.05) is 19.8 Å². The van der Waals surface area contributed by atoms with E-state index in [9.17, 15) is 9.90 Å². The lowest BCUT2D eigenvalue weighted by Gasteiger charge is -2.21. The Hall–Kier alpha value is -1.75. The summed E-state index contributed by atoms with van der Waals surface area (Å²) in [5.41, 5.74) is 1.05. The molecule has 5 heteroatoms. The Bertz CT molecular complexity index is 489. The highest BCUT2D eigenvalue weighted by molar-refractivity contribution is 5.73. The number of ether oxygens (including phenoxy) is 2. The average molecular weight is 293 g/mol. The van der Waals surface area contributed by atoms with E-state index < -0.39 is 5.97 Å². The molecule has 21 heavy (non-hydrogen) atoms. The molecule has 0 aromatic heterocycles. The van der Waals surface area contributed by atoms with Crippen LogP contribution in [0.3, 0.4) is 0 Å². The molecule has 0 amide bonds. The van der Waals surface area contributed by atoms with Gasteiger partial charge in [0.05, 0.1) is 13.2 Å². The highest BCUT2D eigenvalue weighted by Gasteiger charge is 2.30. The molecule has 2 rings (SSSR count). The van der Waals surface area contributed by atoms with Crippen LogP contribution in [0.15, 0.2) is 18.2 Å². The minimum absolute atomic E-state index is 0.368. The summed E-state index contributed by atoms with van der Waals surface area (Å²) in [6, 6.07) is 5.46. The first kappa shape index (κ1) is 15.6. The molecule has 1 N–H and O–H groups in total. The summed E-state index contributed by atoms with van der Waals surface area (Å²) in [7, 11) is 0. The Kier molecular flexibility index (Phi) is 5.44. The lowest BCUT2D eigenvalue weighted by Crippen LogP contribution is -2.35. The fourth-order valence-corrected chi connectivity index (χ4v) is 2.72. The summed E-state index contributed by atoms with van der Waals surface area (Å²) < 4.78 is 11.2. The van der Waals surface area contributed by atoms with Gasteiger partial charge >= 0.3 is 5.97 Å². The molecule has 0 unspecified atom stereocenters. The van der Waals surface area contributed by atoms with Crippen LogP contribution in [0.4, 0.5) is 0 Å². The zero-order valence-corrected chi connectivity index (χ0v) is 12.7. The quantitative estimate of drug-likeness (QED) is 0.837. The summed E-state index contributed by atoms with van der Waals surface area (Å²) in [6.45, 7) is 6.49. The van der Waals surface area contributed by atoms with E-state index in [2.05, 4.69) is 0 Å². The Morgan fingerprint density at radius 3 is 2.67 bits per heavy atom. The van der Waals surface area contributed by atoms with Gasteiger partial charge in [-0.15, -0.1) is 0 Å². The molecule has 5 nitrogen and oxygen atoms in total. The highest BCUT2D eigenvalue weighted by Crippen LogP contribution is 2.30. The number of carboxylic acid groups (broad SMARTS) is 1. The van der Waals surface area contributed by atoms with Crippen LogP contribution >= 0.6 is 0 Å². The van der Waals surface area contributed by atoms with Crippen LogP contribution in [-0.4, -0.2) is 41.8 Å². The molecule has 1 aromatic carbocycles. The Morgan fingerprint density at radius 2 is 2.00 bits per heavy atom. The number of hydrogen-bond donors (Lipinski definition) is 1. The van der Waals surface area contributed by atoms with Gasteiger partial charge in [0.1, 0.15) is 6.04 Å². The molecule has 0 bridgehead atoms. The number of benzene rings is 1. The third kappa shape index (κ3) is 3.88. The van der Waals surface area contributed by atoms with Crippen LogP contribution in [0.25, 0.3) is 0 Å². The molecule has 116 valence electrons. The number of hydrogen-bond acceptors (Lipinski definition) is 4. The summed E-state index contributed by atoms with van der Waals surface area (Å²) in [4.78, 5) is 13.2. The maximum absolute atomic E-state index is 11.2. The van der Waals surface area contributed by atoms with Crippen molar-refractivity contribution in [2.45, 2.75) is 39.3 Å². The molecule has 1 aromatic rings. The second kappa shape index (κ2) is 7.31.